The van der Waals surface area contributed by atoms with Crippen LogP contribution in [-0.4, -0.2) is 11.6 Å². The minimum absolute atomic E-state index is 0.110. The zero-order chi connectivity index (χ0) is 12.3. The minimum Gasteiger partial charge on any atom is -0.299 e. The normalized spacial score (nSPS) is 10.6. The maximum Gasteiger partial charge on any atom is 0.173 e. The van der Waals surface area contributed by atoms with Crippen molar-refractivity contribution in [2.45, 2.75) is 20.3 Å². The number of benzene rings is 1. The van der Waals surface area contributed by atoms with Crippen LogP contribution in [0.5, 0.6) is 0 Å². The smallest absolute Gasteiger partial charge is 0.173 e. The monoisotopic (exact) mass is 258 g/mol. The van der Waals surface area contributed by atoms with Crippen LogP contribution < -0.4 is 0 Å². The molecule has 0 aliphatic rings. The summed E-state index contributed by atoms with van der Waals surface area (Å²) in [7, 11) is 0. The van der Waals surface area contributed by atoms with Crippen LogP contribution in [0.1, 0.15) is 30.6 Å². The van der Waals surface area contributed by atoms with Crippen molar-refractivity contribution in [3.8, 4) is 0 Å². The molecule has 0 radical (unpaired) electrons. The third-order valence-electron chi connectivity index (χ3n) is 2.22. The number of Topliss-reactive ketones (excluding diaryl/α,β-unsaturated/α-hetero) is 2. The lowest BCUT2D eigenvalue weighted by molar-refractivity contribution is -0.121. The first-order chi connectivity index (χ1) is 7.43. The molecule has 1 aromatic carbocycles. The zero-order valence-corrected chi connectivity index (χ0v) is 10.6. The van der Waals surface area contributed by atoms with Gasteiger partial charge < -0.3 is 0 Å². The largest absolute Gasteiger partial charge is 0.299 e. The van der Waals surface area contributed by atoms with Crippen molar-refractivity contribution in [1.29, 1.82) is 0 Å². The molecule has 0 amide bonds. The number of carbonyl (C=O) groups is 2. The molecule has 0 aliphatic carbocycles. The highest BCUT2D eigenvalue weighted by molar-refractivity contribution is 6.40. The Hall–Kier alpha value is -0.860. The van der Waals surface area contributed by atoms with E-state index in [2.05, 4.69) is 0 Å². The second kappa shape index (κ2) is 5.46. The van der Waals surface area contributed by atoms with Crippen molar-refractivity contribution in [3.05, 3.63) is 33.8 Å². The predicted octanol–water partition coefficient (Wildman–Crippen LogP) is 3.79. The van der Waals surface area contributed by atoms with Crippen LogP contribution in [0.25, 0.3) is 0 Å². The Labute approximate surface area is 105 Å². The number of ketones is 2. The van der Waals surface area contributed by atoms with Gasteiger partial charge in [-0.3, -0.25) is 9.59 Å². The van der Waals surface area contributed by atoms with Gasteiger partial charge in [0.2, 0.25) is 0 Å². The molecule has 1 aromatic rings. The fourth-order valence-electron chi connectivity index (χ4n) is 1.21. The molecular formula is C12H12Cl2O2. The molecule has 0 fully saturated rings. The molecule has 86 valence electrons. The van der Waals surface area contributed by atoms with E-state index < -0.39 is 0 Å². The molecule has 0 unspecified atom stereocenters. The van der Waals surface area contributed by atoms with Crippen LogP contribution in [0.15, 0.2) is 18.2 Å². The van der Waals surface area contributed by atoms with E-state index in [1.54, 1.807) is 32.0 Å². The summed E-state index contributed by atoms with van der Waals surface area (Å²) in [6.07, 6.45) is -0.152. The van der Waals surface area contributed by atoms with E-state index in [0.717, 1.165) is 0 Å². The molecule has 0 aromatic heterocycles. The van der Waals surface area contributed by atoms with Crippen molar-refractivity contribution in [3.63, 3.8) is 0 Å². The molecule has 0 heterocycles. The predicted molar refractivity (Wildman–Crippen MR) is 65.3 cm³/mol. The number of rotatable bonds is 4. The molecule has 0 saturated carbocycles. The Kier molecular flexibility index (Phi) is 4.51. The molecular weight excluding hydrogens is 247 g/mol. The van der Waals surface area contributed by atoms with Crippen molar-refractivity contribution in [2.75, 3.05) is 0 Å². The Morgan fingerprint density at radius 2 is 1.69 bits per heavy atom. The van der Waals surface area contributed by atoms with E-state index in [-0.39, 0.29) is 39.5 Å². The maximum atomic E-state index is 11.8. The second-order valence-electron chi connectivity index (χ2n) is 3.82. The van der Waals surface area contributed by atoms with E-state index >= 15 is 0 Å². The molecule has 4 heteroatoms. The topological polar surface area (TPSA) is 34.1 Å². The van der Waals surface area contributed by atoms with Gasteiger partial charge in [0.25, 0.3) is 0 Å². The van der Waals surface area contributed by atoms with Crippen LogP contribution in [0.4, 0.5) is 0 Å². The van der Waals surface area contributed by atoms with Crippen molar-refractivity contribution in [1.82, 2.24) is 0 Å². The van der Waals surface area contributed by atoms with Crippen LogP contribution in [0.3, 0.4) is 0 Å². The van der Waals surface area contributed by atoms with Crippen LogP contribution >= 0.6 is 23.2 Å². The van der Waals surface area contributed by atoms with E-state index in [4.69, 9.17) is 23.2 Å². The Balaban J connectivity index is 2.93. The van der Waals surface area contributed by atoms with Gasteiger partial charge in [0, 0.05) is 5.92 Å². The highest BCUT2D eigenvalue weighted by atomic mass is 35.5. The molecule has 16 heavy (non-hydrogen) atoms. The summed E-state index contributed by atoms with van der Waals surface area (Å²) in [5.74, 6) is -0.597. The van der Waals surface area contributed by atoms with Gasteiger partial charge in [0.05, 0.1) is 22.0 Å². The summed E-state index contributed by atoms with van der Waals surface area (Å²) in [5.41, 5.74) is 0.236. The molecule has 0 atom stereocenters. The van der Waals surface area contributed by atoms with Gasteiger partial charge in [0.1, 0.15) is 5.78 Å². The van der Waals surface area contributed by atoms with Gasteiger partial charge in [-0.25, -0.2) is 0 Å². The molecule has 0 aliphatic heterocycles. The number of hydrogen-bond donors (Lipinski definition) is 0. The van der Waals surface area contributed by atoms with Crippen molar-refractivity contribution < 1.29 is 9.59 Å². The highest BCUT2D eigenvalue weighted by Crippen LogP contribution is 2.25. The summed E-state index contributed by atoms with van der Waals surface area (Å²) in [5, 5.41) is 0.572. The second-order valence-corrected chi connectivity index (χ2v) is 4.63. The summed E-state index contributed by atoms with van der Waals surface area (Å²) >= 11 is 11.7. The minimum atomic E-state index is -0.325. The number of halogens is 2. The third-order valence-corrected chi connectivity index (χ3v) is 2.85. The Bertz CT molecular complexity index is 405. The third kappa shape index (κ3) is 3.06. The number of carbonyl (C=O) groups excluding carboxylic acids is 2. The first kappa shape index (κ1) is 13.2. The van der Waals surface area contributed by atoms with Crippen molar-refractivity contribution >= 4 is 34.8 Å². The van der Waals surface area contributed by atoms with Gasteiger partial charge in [-0.2, -0.15) is 0 Å². The van der Waals surface area contributed by atoms with Crippen molar-refractivity contribution in [2.24, 2.45) is 5.92 Å². The Morgan fingerprint density at radius 3 is 2.12 bits per heavy atom. The lowest BCUT2D eigenvalue weighted by Gasteiger charge is -2.06. The van der Waals surface area contributed by atoms with Crippen LogP contribution in [0.2, 0.25) is 10.0 Å². The zero-order valence-electron chi connectivity index (χ0n) is 9.09. The molecule has 0 spiro atoms. The SMILES string of the molecule is CC(C)C(=O)CC(=O)c1c(Cl)cccc1Cl. The summed E-state index contributed by atoms with van der Waals surface area (Å²) in [6, 6.07) is 4.83. The highest BCUT2D eigenvalue weighted by Gasteiger charge is 2.19. The van der Waals surface area contributed by atoms with Gasteiger partial charge in [-0.05, 0) is 12.1 Å². The molecule has 1 rings (SSSR count). The molecule has 0 N–H and O–H groups in total. The van der Waals surface area contributed by atoms with Gasteiger partial charge >= 0.3 is 0 Å². The van der Waals surface area contributed by atoms with E-state index in [1.165, 1.54) is 0 Å². The summed E-state index contributed by atoms with van der Waals surface area (Å²) in [4.78, 5) is 23.3. The fourth-order valence-corrected chi connectivity index (χ4v) is 1.82. The lowest BCUT2D eigenvalue weighted by atomic mass is 10.00. The van der Waals surface area contributed by atoms with E-state index in [0.29, 0.717) is 0 Å². The van der Waals surface area contributed by atoms with E-state index in [9.17, 15) is 9.59 Å². The van der Waals surface area contributed by atoms with Gasteiger partial charge in [-0.1, -0.05) is 43.1 Å². The number of hydrogen-bond acceptors (Lipinski definition) is 2. The Morgan fingerprint density at radius 1 is 1.19 bits per heavy atom. The standard InChI is InChI=1S/C12H12Cl2O2/c1-7(2)10(15)6-11(16)12-8(13)4-3-5-9(12)14/h3-5,7H,6H2,1-2H3. The average Bonchev–Trinajstić information content (AvgIpc) is 2.16. The van der Waals surface area contributed by atoms with Gasteiger partial charge in [0.15, 0.2) is 5.78 Å². The quantitative estimate of drug-likeness (QED) is 0.609. The van der Waals surface area contributed by atoms with Crippen LogP contribution in [0, 0.1) is 5.92 Å². The summed E-state index contributed by atoms with van der Waals surface area (Å²) in [6.45, 7) is 3.51. The lowest BCUT2D eigenvalue weighted by Crippen LogP contribution is -2.14. The summed E-state index contributed by atoms with van der Waals surface area (Å²) < 4.78 is 0. The first-order valence-corrected chi connectivity index (χ1v) is 5.69. The molecule has 0 bridgehead atoms. The molecule has 2 nitrogen and oxygen atoms in total. The maximum absolute atomic E-state index is 11.8. The molecule has 0 saturated heterocycles. The average molecular weight is 259 g/mol. The van der Waals surface area contributed by atoms with E-state index in [1.807, 2.05) is 0 Å². The fraction of sp³-hybridized carbons (Fsp3) is 0.333. The van der Waals surface area contributed by atoms with Gasteiger partial charge in [-0.15, -0.1) is 0 Å². The van der Waals surface area contributed by atoms with Crippen LogP contribution in [-0.2, 0) is 4.79 Å². The first-order valence-electron chi connectivity index (χ1n) is 4.93.